The van der Waals surface area contributed by atoms with E-state index in [1.165, 1.54) is 83.5 Å². The summed E-state index contributed by atoms with van der Waals surface area (Å²) in [7, 11) is 0. The Labute approximate surface area is 293 Å². The summed E-state index contributed by atoms with van der Waals surface area (Å²) >= 11 is 0. The van der Waals surface area contributed by atoms with E-state index in [-0.39, 0.29) is 0 Å². The second-order valence-corrected chi connectivity index (χ2v) is 12.9. The van der Waals surface area contributed by atoms with E-state index in [0.29, 0.717) is 6.61 Å². The molecule has 8 aromatic carbocycles. The van der Waals surface area contributed by atoms with Gasteiger partial charge >= 0.3 is 0 Å². The maximum atomic E-state index is 6.19. The molecule has 0 saturated carbocycles. The number of benzene rings is 8. The largest absolute Gasteiger partial charge is 0.488 e. The van der Waals surface area contributed by atoms with Gasteiger partial charge in [-0.2, -0.15) is 0 Å². The van der Waals surface area contributed by atoms with E-state index in [2.05, 4.69) is 194 Å². The van der Waals surface area contributed by atoms with Crippen molar-refractivity contribution < 1.29 is 4.74 Å². The number of ether oxygens (including phenoxy) is 1. The molecule has 1 aliphatic rings. The molecular formula is C49H34O. The zero-order valence-electron chi connectivity index (χ0n) is 27.6. The first-order valence-electron chi connectivity index (χ1n) is 17.2. The third-order valence-corrected chi connectivity index (χ3v) is 9.76. The SMILES string of the molecule is c1ccc(-c2cccc(-c3cc(-c4ccc(-c5cccc6c5-c5ccccc5CO6)cc4)cc(-c4cccc(-c5ccccc5)c4)c3)c2)cc1. The predicted octanol–water partition coefficient (Wildman–Crippen LogP) is 13.2. The minimum absolute atomic E-state index is 0.604. The number of hydrogen-bond acceptors (Lipinski definition) is 1. The fourth-order valence-electron chi connectivity index (χ4n) is 7.20. The van der Waals surface area contributed by atoms with E-state index >= 15 is 0 Å². The molecule has 0 bridgehead atoms. The van der Waals surface area contributed by atoms with Gasteiger partial charge in [0.25, 0.3) is 0 Å². The van der Waals surface area contributed by atoms with E-state index in [1.807, 2.05) is 0 Å². The highest BCUT2D eigenvalue weighted by Crippen LogP contribution is 2.44. The van der Waals surface area contributed by atoms with Gasteiger partial charge in [-0.25, -0.2) is 0 Å². The lowest BCUT2D eigenvalue weighted by molar-refractivity contribution is 0.302. The van der Waals surface area contributed by atoms with Crippen molar-refractivity contribution in [2.24, 2.45) is 0 Å². The lowest BCUT2D eigenvalue weighted by atomic mass is 9.88. The molecule has 0 aliphatic carbocycles. The summed E-state index contributed by atoms with van der Waals surface area (Å²) in [5, 5.41) is 0. The zero-order chi connectivity index (χ0) is 33.3. The van der Waals surface area contributed by atoms with Gasteiger partial charge in [-0.1, -0.05) is 158 Å². The van der Waals surface area contributed by atoms with Crippen LogP contribution in [0.4, 0.5) is 0 Å². The third kappa shape index (κ3) is 5.70. The number of fused-ring (bicyclic) bond motifs is 3. The molecule has 0 atom stereocenters. The second kappa shape index (κ2) is 12.9. The average Bonchev–Trinajstić information content (AvgIpc) is 3.21. The van der Waals surface area contributed by atoms with E-state index in [9.17, 15) is 0 Å². The van der Waals surface area contributed by atoms with Crippen LogP contribution in [-0.2, 0) is 6.61 Å². The maximum absolute atomic E-state index is 6.19. The Bertz CT molecular complexity index is 2360. The Kier molecular flexibility index (Phi) is 7.64. The van der Waals surface area contributed by atoms with Gasteiger partial charge < -0.3 is 4.74 Å². The first kappa shape index (κ1) is 29.7. The molecule has 0 amide bonds. The van der Waals surface area contributed by atoms with Crippen molar-refractivity contribution in [3.8, 4) is 83.6 Å². The molecule has 50 heavy (non-hydrogen) atoms. The predicted molar refractivity (Wildman–Crippen MR) is 209 cm³/mol. The molecule has 8 aromatic rings. The topological polar surface area (TPSA) is 9.23 Å². The van der Waals surface area contributed by atoms with Crippen LogP contribution >= 0.6 is 0 Å². The molecule has 0 aromatic heterocycles. The van der Waals surface area contributed by atoms with Crippen LogP contribution in [0.15, 0.2) is 194 Å². The summed E-state index contributed by atoms with van der Waals surface area (Å²) in [6, 6.07) is 69.9. The molecule has 0 saturated heterocycles. The van der Waals surface area contributed by atoms with Crippen LogP contribution in [0, 0.1) is 0 Å². The molecule has 0 N–H and O–H groups in total. The fraction of sp³-hybridized carbons (Fsp3) is 0.0204. The zero-order valence-corrected chi connectivity index (χ0v) is 27.6. The molecule has 1 aliphatic heterocycles. The lowest BCUT2D eigenvalue weighted by Gasteiger charge is -2.23. The Morgan fingerprint density at radius 1 is 0.280 bits per heavy atom. The monoisotopic (exact) mass is 638 g/mol. The van der Waals surface area contributed by atoms with Gasteiger partial charge in [0.1, 0.15) is 12.4 Å². The summed E-state index contributed by atoms with van der Waals surface area (Å²) < 4.78 is 6.19. The Hall–Kier alpha value is -6.44. The summed E-state index contributed by atoms with van der Waals surface area (Å²) in [4.78, 5) is 0. The van der Waals surface area contributed by atoms with Crippen molar-refractivity contribution in [1.29, 1.82) is 0 Å². The minimum Gasteiger partial charge on any atom is -0.488 e. The van der Waals surface area contributed by atoms with Gasteiger partial charge in [0.2, 0.25) is 0 Å². The van der Waals surface area contributed by atoms with E-state index < -0.39 is 0 Å². The van der Waals surface area contributed by atoms with Crippen LogP contribution < -0.4 is 4.74 Å². The molecule has 0 fully saturated rings. The van der Waals surface area contributed by atoms with E-state index in [4.69, 9.17) is 4.74 Å². The molecule has 0 unspecified atom stereocenters. The number of hydrogen-bond donors (Lipinski definition) is 0. The first-order valence-corrected chi connectivity index (χ1v) is 17.2. The van der Waals surface area contributed by atoms with Crippen molar-refractivity contribution >= 4 is 0 Å². The second-order valence-electron chi connectivity index (χ2n) is 12.9. The number of rotatable bonds is 6. The van der Waals surface area contributed by atoms with Gasteiger partial charge in [0, 0.05) is 5.56 Å². The smallest absolute Gasteiger partial charge is 0.128 e. The van der Waals surface area contributed by atoms with E-state index in [1.54, 1.807) is 0 Å². The molecule has 9 rings (SSSR count). The highest BCUT2D eigenvalue weighted by atomic mass is 16.5. The van der Waals surface area contributed by atoms with Crippen LogP contribution in [0.3, 0.4) is 0 Å². The van der Waals surface area contributed by atoms with Gasteiger partial charge in [-0.15, -0.1) is 0 Å². The van der Waals surface area contributed by atoms with Crippen molar-refractivity contribution in [2.75, 3.05) is 0 Å². The lowest BCUT2D eigenvalue weighted by Crippen LogP contribution is -2.06. The molecule has 1 heterocycles. The fourth-order valence-corrected chi connectivity index (χ4v) is 7.20. The van der Waals surface area contributed by atoms with Gasteiger partial charge in [-0.05, 0) is 114 Å². The molecular weight excluding hydrogens is 605 g/mol. The minimum atomic E-state index is 0.604. The Morgan fingerprint density at radius 2 is 0.680 bits per heavy atom. The van der Waals surface area contributed by atoms with Crippen molar-refractivity contribution in [3.05, 3.63) is 200 Å². The quantitative estimate of drug-likeness (QED) is 0.176. The van der Waals surface area contributed by atoms with Gasteiger partial charge in [-0.3, -0.25) is 0 Å². The normalized spacial score (nSPS) is 11.7. The van der Waals surface area contributed by atoms with Crippen LogP contribution in [0.2, 0.25) is 0 Å². The Balaban J connectivity index is 1.15. The molecule has 0 radical (unpaired) electrons. The van der Waals surface area contributed by atoms with Crippen LogP contribution in [0.25, 0.3) is 77.9 Å². The summed E-state index contributed by atoms with van der Waals surface area (Å²) in [5.74, 6) is 0.943. The molecule has 1 nitrogen and oxygen atoms in total. The third-order valence-electron chi connectivity index (χ3n) is 9.76. The van der Waals surface area contributed by atoms with E-state index in [0.717, 1.165) is 5.75 Å². The highest BCUT2D eigenvalue weighted by molar-refractivity contribution is 5.91. The highest BCUT2D eigenvalue weighted by Gasteiger charge is 2.21. The average molecular weight is 639 g/mol. The molecule has 1 heteroatoms. The maximum Gasteiger partial charge on any atom is 0.128 e. The van der Waals surface area contributed by atoms with Crippen LogP contribution in [-0.4, -0.2) is 0 Å². The van der Waals surface area contributed by atoms with Crippen molar-refractivity contribution in [1.82, 2.24) is 0 Å². The Morgan fingerprint density at radius 3 is 1.28 bits per heavy atom. The first-order chi connectivity index (χ1) is 24.8. The van der Waals surface area contributed by atoms with Crippen molar-refractivity contribution in [3.63, 3.8) is 0 Å². The molecule has 236 valence electrons. The summed E-state index contributed by atoms with van der Waals surface area (Å²) in [5.41, 5.74) is 18.0. The summed E-state index contributed by atoms with van der Waals surface area (Å²) in [6.07, 6.45) is 0. The van der Waals surface area contributed by atoms with Crippen LogP contribution in [0.1, 0.15) is 5.56 Å². The summed E-state index contributed by atoms with van der Waals surface area (Å²) in [6.45, 7) is 0.604. The standard InChI is InChI=1S/C49H34O/c1-3-12-34(13-4-1)38-17-9-19-40(28-38)44-30-43(31-45(32-44)41-20-10-18-39(29-41)35-14-5-2-6-15-35)36-24-26-37(27-25-36)46-22-11-23-48-49(46)47-21-8-7-16-42(47)33-50-48/h1-32H,33H2. The molecule has 0 spiro atoms. The van der Waals surface area contributed by atoms with Crippen molar-refractivity contribution in [2.45, 2.75) is 6.61 Å². The van der Waals surface area contributed by atoms with Gasteiger partial charge in [0.05, 0.1) is 0 Å². The van der Waals surface area contributed by atoms with Crippen LogP contribution in [0.5, 0.6) is 5.75 Å². The van der Waals surface area contributed by atoms with Gasteiger partial charge in [0.15, 0.2) is 0 Å².